The molecule has 0 atom stereocenters. The average molecular weight is 297 g/mol. The molecule has 0 bridgehead atoms. The number of ether oxygens (including phenoxy) is 1. The lowest BCUT2D eigenvalue weighted by Crippen LogP contribution is -2.12. The van der Waals surface area contributed by atoms with Crippen LogP contribution in [0.1, 0.15) is 29.5 Å². The van der Waals surface area contributed by atoms with Crippen molar-refractivity contribution in [2.24, 2.45) is 0 Å². The molecule has 22 heavy (non-hydrogen) atoms. The fraction of sp³-hybridized carbons (Fsp3) is 0.316. The van der Waals surface area contributed by atoms with Gasteiger partial charge in [0.1, 0.15) is 5.75 Å². The van der Waals surface area contributed by atoms with Gasteiger partial charge in [-0.1, -0.05) is 24.3 Å². The molecular weight excluding hydrogens is 274 g/mol. The molecule has 0 radical (unpaired) electrons. The fourth-order valence-corrected chi connectivity index (χ4v) is 2.33. The summed E-state index contributed by atoms with van der Waals surface area (Å²) in [5.41, 5.74) is 4.38. The minimum absolute atomic E-state index is 0.0715. The number of hydrogen-bond donors (Lipinski definition) is 1. The normalized spacial score (nSPS) is 10.3. The van der Waals surface area contributed by atoms with Crippen LogP contribution in [-0.2, 0) is 11.2 Å². The number of carbonyl (C=O) groups is 1. The predicted octanol–water partition coefficient (Wildman–Crippen LogP) is 4.27. The molecule has 116 valence electrons. The number of rotatable bonds is 6. The summed E-state index contributed by atoms with van der Waals surface area (Å²) >= 11 is 0. The Morgan fingerprint density at radius 3 is 2.50 bits per heavy atom. The second-order valence-corrected chi connectivity index (χ2v) is 5.57. The van der Waals surface area contributed by atoms with Crippen LogP contribution in [0.4, 0.5) is 5.69 Å². The Balaban J connectivity index is 1.81. The number of nitrogens with one attached hydrogen (secondary N) is 1. The van der Waals surface area contributed by atoms with Crippen molar-refractivity contribution in [3.05, 3.63) is 59.2 Å². The van der Waals surface area contributed by atoms with E-state index in [0.29, 0.717) is 6.42 Å². The van der Waals surface area contributed by atoms with E-state index >= 15 is 0 Å². The summed E-state index contributed by atoms with van der Waals surface area (Å²) < 4.78 is 5.13. The zero-order valence-electron chi connectivity index (χ0n) is 13.5. The number of methoxy groups -OCH3 is 1. The summed E-state index contributed by atoms with van der Waals surface area (Å²) in [4.78, 5) is 12.0. The fourth-order valence-electron chi connectivity index (χ4n) is 2.33. The minimum atomic E-state index is 0.0715. The Kier molecular flexibility index (Phi) is 5.59. The molecule has 2 aromatic carbocycles. The quantitative estimate of drug-likeness (QED) is 0.864. The third-order valence-corrected chi connectivity index (χ3v) is 3.70. The highest BCUT2D eigenvalue weighted by Gasteiger charge is 2.05. The van der Waals surface area contributed by atoms with Crippen LogP contribution in [0.15, 0.2) is 42.5 Å². The SMILES string of the molecule is COc1ccc(CCCC(=O)Nc2cc(C)ccc2C)cc1. The first-order valence-electron chi connectivity index (χ1n) is 7.58. The first-order valence-corrected chi connectivity index (χ1v) is 7.58. The summed E-state index contributed by atoms with van der Waals surface area (Å²) in [5, 5.41) is 3.00. The molecular formula is C19H23NO2. The number of anilines is 1. The molecule has 0 heterocycles. The van der Waals surface area contributed by atoms with Gasteiger partial charge in [-0.2, -0.15) is 0 Å². The largest absolute Gasteiger partial charge is 0.497 e. The van der Waals surface area contributed by atoms with Gasteiger partial charge in [0, 0.05) is 12.1 Å². The van der Waals surface area contributed by atoms with E-state index < -0.39 is 0 Å². The molecule has 0 saturated heterocycles. The van der Waals surface area contributed by atoms with Crippen LogP contribution >= 0.6 is 0 Å². The second-order valence-electron chi connectivity index (χ2n) is 5.57. The van der Waals surface area contributed by atoms with Crippen LogP contribution in [0.5, 0.6) is 5.75 Å². The van der Waals surface area contributed by atoms with Crippen molar-refractivity contribution in [2.75, 3.05) is 12.4 Å². The number of carbonyl (C=O) groups excluding carboxylic acids is 1. The summed E-state index contributed by atoms with van der Waals surface area (Å²) in [6, 6.07) is 14.1. The molecule has 3 nitrogen and oxygen atoms in total. The maximum atomic E-state index is 12.0. The molecule has 0 aromatic heterocycles. The molecule has 2 aromatic rings. The smallest absolute Gasteiger partial charge is 0.224 e. The van der Waals surface area contributed by atoms with Gasteiger partial charge in [-0.15, -0.1) is 0 Å². The van der Waals surface area contributed by atoms with Gasteiger partial charge in [0.2, 0.25) is 5.91 Å². The highest BCUT2D eigenvalue weighted by Crippen LogP contribution is 2.17. The van der Waals surface area contributed by atoms with Gasteiger partial charge < -0.3 is 10.1 Å². The Morgan fingerprint density at radius 2 is 1.82 bits per heavy atom. The standard InChI is InChI=1S/C19H23NO2/c1-14-7-8-15(2)18(13-14)20-19(21)6-4-5-16-9-11-17(22-3)12-10-16/h7-13H,4-6H2,1-3H3,(H,20,21). The maximum absolute atomic E-state index is 12.0. The maximum Gasteiger partial charge on any atom is 0.224 e. The number of aryl methyl sites for hydroxylation is 3. The highest BCUT2D eigenvalue weighted by molar-refractivity contribution is 5.91. The molecule has 0 fully saturated rings. The van der Waals surface area contributed by atoms with Gasteiger partial charge >= 0.3 is 0 Å². The number of hydrogen-bond acceptors (Lipinski definition) is 2. The Morgan fingerprint density at radius 1 is 1.09 bits per heavy atom. The first-order chi connectivity index (χ1) is 10.6. The van der Waals surface area contributed by atoms with Crippen molar-refractivity contribution in [3.8, 4) is 5.75 Å². The van der Waals surface area contributed by atoms with Gasteiger partial charge in [-0.3, -0.25) is 4.79 Å². The van der Waals surface area contributed by atoms with E-state index in [1.54, 1.807) is 7.11 Å². The van der Waals surface area contributed by atoms with Crippen LogP contribution in [0, 0.1) is 13.8 Å². The Hall–Kier alpha value is -2.29. The van der Waals surface area contributed by atoms with E-state index in [4.69, 9.17) is 4.74 Å². The summed E-state index contributed by atoms with van der Waals surface area (Å²) in [7, 11) is 1.66. The highest BCUT2D eigenvalue weighted by atomic mass is 16.5. The predicted molar refractivity (Wildman–Crippen MR) is 90.5 cm³/mol. The summed E-state index contributed by atoms with van der Waals surface area (Å²) in [6.07, 6.45) is 2.26. The van der Waals surface area contributed by atoms with Gasteiger partial charge in [0.05, 0.1) is 7.11 Å². The van der Waals surface area contributed by atoms with E-state index in [1.807, 2.05) is 50.2 Å². The van der Waals surface area contributed by atoms with Crippen LogP contribution in [-0.4, -0.2) is 13.0 Å². The molecule has 0 unspecified atom stereocenters. The number of amides is 1. The molecule has 0 aliphatic carbocycles. The molecule has 0 spiro atoms. The van der Waals surface area contributed by atoms with E-state index in [-0.39, 0.29) is 5.91 Å². The van der Waals surface area contributed by atoms with Crippen LogP contribution in [0.3, 0.4) is 0 Å². The lowest BCUT2D eigenvalue weighted by Gasteiger charge is -2.09. The van der Waals surface area contributed by atoms with E-state index in [2.05, 4.69) is 11.4 Å². The topological polar surface area (TPSA) is 38.3 Å². The van der Waals surface area contributed by atoms with Gasteiger partial charge in [0.25, 0.3) is 0 Å². The molecule has 1 amide bonds. The zero-order valence-corrected chi connectivity index (χ0v) is 13.5. The molecule has 0 aliphatic heterocycles. The molecule has 0 aliphatic rings. The lowest BCUT2D eigenvalue weighted by atomic mass is 10.1. The molecule has 1 N–H and O–H groups in total. The van der Waals surface area contributed by atoms with Crippen molar-refractivity contribution in [2.45, 2.75) is 33.1 Å². The van der Waals surface area contributed by atoms with Crippen LogP contribution in [0.25, 0.3) is 0 Å². The first kappa shape index (κ1) is 16.1. The van der Waals surface area contributed by atoms with Crippen LogP contribution in [0.2, 0.25) is 0 Å². The van der Waals surface area contributed by atoms with Crippen molar-refractivity contribution in [1.82, 2.24) is 0 Å². The monoisotopic (exact) mass is 297 g/mol. The Bertz CT molecular complexity index is 632. The minimum Gasteiger partial charge on any atom is -0.497 e. The van der Waals surface area contributed by atoms with Crippen molar-refractivity contribution in [1.29, 1.82) is 0 Å². The van der Waals surface area contributed by atoms with Gasteiger partial charge in [-0.05, 0) is 61.6 Å². The molecule has 3 heteroatoms. The van der Waals surface area contributed by atoms with Crippen molar-refractivity contribution < 1.29 is 9.53 Å². The Labute approximate surface area is 132 Å². The third kappa shape index (κ3) is 4.62. The number of benzene rings is 2. The lowest BCUT2D eigenvalue weighted by molar-refractivity contribution is -0.116. The van der Waals surface area contributed by atoms with Crippen molar-refractivity contribution >= 4 is 11.6 Å². The average Bonchev–Trinajstić information content (AvgIpc) is 2.51. The molecule has 2 rings (SSSR count). The van der Waals surface area contributed by atoms with Crippen molar-refractivity contribution in [3.63, 3.8) is 0 Å². The second kappa shape index (κ2) is 7.64. The van der Waals surface area contributed by atoms with Gasteiger partial charge in [0.15, 0.2) is 0 Å². The molecule has 0 saturated carbocycles. The van der Waals surface area contributed by atoms with Gasteiger partial charge in [-0.25, -0.2) is 0 Å². The van der Waals surface area contributed by atoms with E-state index in [1.165, 1.54) is 5.56 Å². The van der Waals surface area contributed by atoms with E-state index in [0.717, 1.165) is 35.4 Å². The van der Waals surface area contributed by atoms with Crippen LogP contribution < -0.4 is 10.1 Å². The summed E-state index contributed by atoms with van der Waals surface area (Å²) in [5.74, 6) is 0.929. The summed E-state index contributed by atoms with van der Waals surface area (Å²) in [6.45, 7) is 4.03. The zero-order chi connectivity index (χ0) is 15.9. The van der Waals surface area contributed by atoms with E-state index in [9.17, 15) is 4.79 Å². The third-order valence-electron chi connectivity index (χ3n) is 3.70.